The van der Waals surface area contributed by atoms with Crippen LogP contribution in [-0.4, -0.2) is 27.0 Å². The van der Waals surface area contributed by atoms with Gasteiger partial charge in [0.1, 0.15) is 22.7 Å². The number of amides is 1. The lowest BCUT2D eigenvalue weighted by atomic mass is 10.2. The molecule has 4 rings (SSSR count). The Morgan fingerprint density at radius 2 is 1.93 bits per heavy atom. The fourth-order valence-corrected chi connectivity index (χ4v) is 3.32. The van der Waals surface area contributed by atoms with Crippen LogP contribution >= 0.6 is 0 Å². The molecule has 1 amide bonds. The second-order valence-corrected chi connectivity index (χ2v) is 6.77. The van der Waals surface area contributed by atoms with E-state index in [2.05, 4.69) is 12.2 Å². The molecule has 0 atom stereocenters. The number of nitrogens with one attached hydrogen (secondary N) is 1. The molecule has 3 heterocycles. The number of anilines is 1. The minimum atomic E-state index is -0.221. The highest BCUT2D eigenvalue weighted by atomic mass is 16.3. The van der Waals surface area contributed by atoms with Gasteiger partial charge in [-0.2, -0.15) is 0 Å². The van der Waals surface area contributed by atoms with Gasteiger partial charge in [0.05, 0.1) is 23.8 Å². The highest BCUT2D eigenvalue weighted by molar-refractivity contribution is 6.10. The molecule has 0 unspecified atom stereocenters. The number of fused-ring (bicyclic) bond motifs is 2. The van der Waals surface area contributed by atoms with Gasteiger partial charge in [-0.05, 0) is 30.7 Å². The maximum absolute atomic E-state index is 12.9. The summed E-state index contributed by atoms with van der Waals surface area (Å²) in [6.07, 6.45) is 4.71. The minimum absolute atomic E-state index is 0.221. The molecule has 0 radical (unpaired) electrons. The SMILES string of the molecule is CCCCCNC(=O)c1c(N)n(Cc2ccco2)c2nc3ccccc3nc12. The molecule has 0 spiro atoms. The summed E-state index contributed by atoms with van der Waals surface area (Å²) in [5.74, 6) is 0.851. The van der Waals surface area contributed by atoms with E-state index in [-0.39, 0.29) is 5.91 Å². The maximum atomic E-state index is 12.9. The summed E-state index contributed by atoms with van der Waals surface area (Å²) in [7, 11) is 0. The summed E-state index contributed by atoms with van der Waals surface area (Å²) < 4.78 is 7.25. The van der Waals surface area contributed by atoms with Gasteiger partial charge >= 0.3 is 0 Å². The van der Waals surface area contributed by atoms with Crippen molar-refractivity contribution in [3.63, 3.8) is 0 Å². The van der Waals surface area contributed by atoms with Crippen molar-refractivity contribution in [2.75, 3.05) is 12.3 Å². The van der Waals surface area contributed by atoms with Crippen LogP contribution in [0.4, 0.5) is 5.82 Å². The van der Waals surface area contributed by atoms with Gasteiger partial charge in [-0.15, -0.1) is 0 Å². The van der Waals surface area contributed by atoms with Gasteiger partial charge in [0.2, 0.25) is 0 Å². The Balaban J connectivity index is 1.81. The molecule has 0 saturated carbocycles. The molecule has 3 N–H and O–H groups in total. The van der Waals surface area contributed by atoms with E-state index in [4.69, 9.17) is 20.1 Å². The van der Waals surface area contributed by atoms with Gasteiger partial charge in [0, 0.05) is 6.54 Å². The quantitative estimate of drug-likeness (QED) is 0.478. The van der Waals surface area contributed by atoms with Crippen LogP contribution in [0, 0.1) is 0 Å². The van der Waals surface area contributed by atoms with Crippen LogP contribution in [0.15, 0.2) is 47.1 Å². The first-order chi connectivity index (χ1) is 13.7. The third-order valence-electron chi connectivity index (χ3n) is 4.78. The number of nitrogens with two attached hydrogens (primary N) is 1. The van der Waals surface area contributed by atoms with E-state index in [1.807, 2.05) is 36.4 Å². The number of nitrogen functional groups attached to an aromatic ring is 1. The molecule has 4 aromatic rings. The van der Waals surface area contributed by atoms with Crippen molar-refractivity contribution in [1.29, 1.82) is 0 Å². The average Bonchev–Trinajstić information content (AvgIpc) is 3.30. The molecule has 0 aliphatic carbocycles. The number of aromatic nitrogens is 3. The largest absolute Gasteiger partial charge is 0.467 e. The van der Waals surface area contributed by atoms with Crippen molar-refractivity contribution in [3.8, 4) is 0 Å². The molecule has 1 aromatic carbocycles. The van der Waals surface area contributed by atoms with Crippen molar-refractivity contribution < 1.29 is 9.21 Å². The Bertz CT molecular complexity index is 1110. The zero-order valence-electron chi connectivity index (χ0n) is 15.8. The Morgan fingerprint density at radius 1 is 1.14 bits per heavy atom. The van der Waals surface area contributed by atoms with Gasteiger partial charge in [-0.3, -0.25) is 4.79 Å². The number of carbonyl (C=O) groups is 1. The van der Waals surface area contributed by atoms with Crippen LogP contribution in [0.1, 0.15) is 42.3 Å². The maximum Gasteiger partial charge on any atom is 0.257 e. The van der Waals surface area contributed by atoms with Crippen LogP contribution < -0.4 is 11.1 Å². The number of unbranched alkanes of at least 4 members (excludes halogenated alkanes) is 2. The number of furan rings is 1. The van der Waals surface area contributed by atoms with Gasteiger partial charge in [-0.25, -0.2) is 9.97 Å². The van der Waals surface area contributed by atoms with Crippen LogP contribution in [0.5, 0.6) is 0 Å². The van der Waals surface area contributed by atoms with Crippen molar-refractivity contribution in [2.24, 2.45) is 0 Å². The molecule has 7 nitrogen and oxygen atoms in total. The Labute approximate surface area is 162 Å². The van der Waals surface area contributed by atoms with E-state index >= 15 is 0 Å². The predicted octanol–water partition coefficient (Wildman–Crippen LogP) is 3.73. The molecular formula is C21H23N5O2. The van der Waals surface area contributed by atoms with Crippen LogP contribution in [-0.2, 0) is 6.54 Å². The standard InChI is InChI=1S/C21H23N5O2/c1-2-3-6-11-23-21(27)17-18-20(25-16-10-5-4-9-15(16)24-18)26(19(17)22)13-14-8-7-12-28-14/h4-5,7-10,12H,2-3,6,11,13,22H2,1H3,(H,23,27). The van der Waals surface area contributed by atoms with E-state index in [1.165, 1.54) is 0 Å². The number of hydrogen-bond donors (Lipinski definition) is 2. The summed E-state index contributed by atoms with van der Waals surface area (Å²) in [5.41, 5.74) is 9.34. The zero-order chi connectivity index (χ0) is 19.5. The smallest absolute Gasteiger partial charge is 0.257 e. The molecule has 0 saturated heterocycles. The van der Waals surface area contributed by atoms with Crippen molar-refractivity contribution in [2.45, 2.75) is 32.7 Å². The van der Waals surface area contributed by atoms with Crippen molar-refractivity contribution in [3.05, 3.63) is 54.0 Å². The summed E-state index contributed by atoms with van der Waals surface area (Å²) in [4.78, 5) is 22.3. The average molecular weight is 377 g/mol. The van der Waals surface area contributed by atoms with E-state index in [1.54, 1.807) is 10.8 Å². The number of benzene rings is 1. The summed E-state index contributed by atoms with van der Waals surface area (Å²) in [6.45, 7) is 3.12. The van der Waals surface area contributed by atoms with Gasteiger partial charge in [0.15, 0.2) is 5.65 Å². The molecule has 144 valence electrons. The second kappa shape index (κ2) is 7.72. The fourth-order valence-electron chi connectivity index (χ4n) is 3.32. The first-order valence-corrected chi connectivity index (χ1v) is 9.54. The number of hydrogen-bond acceptors (Lipinski definition) is 5. The lowest BCUT2D eigenvalue weighted by molar-refractivity contribution is 0.0955. The molecule has 0 fully saturated rings. The fraction of sp³-hybridized carbons (Fsp3) is 0.286. The minimum Gasteiger partial charge on any atom is -0.467 e. The number of para-hydroxylation sites is 2. The molecule has 3 aromatic heterocycles. The lowest BCUT2D eigenvalue weighted by Gasteiger charge is -2.06. The number of nitrogens with zero attached hydrogens (tertiary/aromatic N) is 3. The third-order valence-corrected chi connectivity index (χ3v) is 4.78. The molecular weight excluding hydrogens is 354 g/mol. The van der Waals surface area contributed by atoms with Crippen molar-refractivity contribution >= 4 is 33.9 Å². The predicted molar refractivity (Wildman–Crippen MR) is 109 cm³/mol. The highest BCUT2D eigenvalue weighted by Crippen LogP contribution is 2.28. The van der Waals surface area contributed by atoms with E-state index in [0.717, 1.165) is 36.1 Å². The number of carbonyl (C=O) groups excluding carboxylic acids is 1. The molecule has 0 aliphatic heterocycles. The van der Waals surface area contributed by atoms with Gasteiger partial charge in [-0.1, -0.05) is 31.9 Å². The van der Waals surface area contributed by atoms with E-state index in [0.29, 0.717) is 35.6 Å². The summed E-state index contributed by atoms with van der Waals surface area (Å²) >= 11 is 0. The topological polar surface area (TPSA) is 99.0 Å². The highest BCUT2D eigenvalue weighted by Gasteiger charge is 2.24. The molecule has 0 bridgehead atoms. The zero-order valence-corrected chi connectivity index (χ0v) is 15.8. The van der Waals surface area contributed by atoms with E-state index < -0.39 is 0 Å². The number of rotatable bonds is 7. The third kappa shape index (κ3) is 3.31. The first kappa shape index (κ1) is 18.0. The molecule has 0 aliphatic rings. The van der Waals surface area contributed by atoms with E-state index in [9.17, 15) is 4.79 Å². The van der Waals surface area contributed by atoms with Gasteiger partial charge in [0.25, 0.3) is 5.91 Å². The molecule has 28 heavy (non-hydrogen) atoms. The summed E-state index contributed by atoms with van der Waals surface area (Å²) in [6, 6.07) is 11.3. The van der Waals surface area contributed by atoms with Crippen LogP contribution in [0.2, 0.25) is 0 Å². The van der Waals surface area contributed by atoms with Gasteiger partial charge < -0.3 is 20.0 Å². The van der Waals surface area contributed by atoms with Crippen LogP contribution in [0.25, 0.3) is 22.2 Å². The molecule has 7 heteroatoms. The second-order valence-electron chi connectivity index (χ2n) is 6.77. The van der Waals surface area contributed by atoms with Crippen LogP contribution in [0.3, 0.4) is 0 Å². The Morgan fingerprint density at radius 3 is 2.64 bits per heavy atom. The normalized spacial score (nSPS) is 11.3. The summed E-state index contributed by atoms with van der Waals surface area (Å²) in [5, 5.41) is 2.96. The Hall–Kier alpha value is -3.35. The van der Waals surface area contributed by atoms with Crippen molar-refractivity contribution in [1.82, 2.24) is 19.9 Å². The Kier molecular flexibility index (Phi) is 4.97. The monoisotopic (exact) mass is 377 g/mol. The lowest BCUT2D eigenvalue weighted by Crippen LogP contribution is -2.25. The first-order valence-electron chi connectivity index (χ1n) is 9.54.